The number of rotatable bonds is 13. The highest BCUT2D eigenvalue weighted by Crippen LogP contribution is 2.29. The molecule has 0 amide bonds. The van der Waals surface area contributed by atoms with Crippen molar-refractivity contribution in [2.75, 3.05) is 34.1 Å². The monoisotopic (exact) mass is 992 g/mol. The molecule has 17 nitrogen and oxygen atoms in total. The van der Waals surface area contributed by atoms with Gasteiger partial charge < -0.3 is 21.1 Å². The predicted octanol–water partition coefficient (Wildman–Crippen LogP) is 8.54. The number of ketones is 1. The van der Waals surface area contributed by atoms with Crippen molar-refractivity contribution in [2.24, 2.45) is 11.1 Å². The summed E-state index contributed by atoms with van der Waals surface area (Å²) in [7, 11) is -7.91. The highest BCUT2D eigenvalue weighted by molar-refractivity contribution is 7.93. The van der Waals surface area contributed by atoms with Gasteiger partial charge in [0.05, 0.1) is 37.8 Å². The number of nitrogen functional groups attached to an aromatic ring is 2. The van der Waals surface area contributed by atoms with Gasteiger partial charge in [-0.25, -0.2) is 37.7 Å². The minimum Gasteiger partial charge on any atom is -0.396 e. The summed E-state index contributed by atoms with van der Waals surface area (Å²) < 4.78 is 57.1. The molecule has 0 radical (unpaired) electrons. The molecule has 6 aromatic rings. The second-order valence-electron chi connectivity index (χ2n) is 16.4. The standard InChI is InChI=1S/C23H26ClN5O3S.C21H21ClN4O3S.C2H7NO/c1-5-32-28-21(15-6-11-20(25)26-13-15)22-19(12-17(24)14-27-22)29-33(30,31)18-9-7-16(8-10-18)23(2,3)4;1-21(2,3)14-5-7-16(8-6-14)30(28,29)26-17-10-15(22)12-25-19(17)20(27)13-4-9-18(23)24-11-13;1-2-4-3/h6-14,29H,5H2,1-4H3,(H2,25,26);4-12,26H,1-3H3,(H2,23,24);2-3H2,1H3. The Morgan fingerprint density at radius 3 is 1.39 bits per heavy atom. The van der Waals surface area contributed by atoms with E-state index in [1.54, 1.807) is 55.5 Å². The quantitative estimate of drug-likeness (QED) is 0.0412. The maximum Gasteiger partial charge on any atom is 0.261 e. The molecule has 4 aromatic heterocycles. The molecule has 21 heteroatoms. The fourth-order valence-corrected chi connectivity index (χ4v) is 8.09. The lowest BCUT2D eigenvalue weighted by molar-refractivity contribution is 0.103. The summed E-state index contributed by atoms with van der Waals surface area (Å²) in [6, 6.07) is 22.4. The van der Waals surface area contributed by atoms with Gasteiger partial charge in [-0.3, -0.25) is 19.2 Å². The Balaban J connectivity index is 0.000000272. The predicted molar refractivity (Wildman–Crippen MR) is 264 cm³/mol. The minimum absolute atomic E-state index is 0.0239. The van der Waals surface area contributed by atoms with Gasteiger partial charge in [-0.15, -0.1) is 0 Å². The highest BCUT2D eigenvalue weighted by atomic mass is 35.5. The first kappa shape index (κ1) is 53.4. The molecule has 0 aliphatic carbocycles. The average molecular weight is 994 g/mol. The van der Waals surface area contributed by atoms with Gasteiger partial charge in [0, 0.05) is 35.9 Å². The topological polar surface area (TPSA) is 270 Å². The van der Waals surface area contributed by atoms with E-state index >= 15 is 0 Å². The molecule has 6 rings (SSSR count). The number of anilines is 4. The lowest BCUT2D eigenvalue weighted by Crippen LogP contribution is -2.18. The summed E-state index contributed by atoms with van der Waals surface area (Å²) in [5.41, 5.74) is 14.4. The van der Waals surface area contributed by atoms with Crippen LogP contribution >= 0.6 is 23.2 Å². The molecular weight excluding hydrogens is 940 g/mol. The van der Waals surface area contributed by atoms with Crippen LogP contribution in [0.2, 0.25) is 10.0 Å². The minimum atomic E-state index is -3.97. The van der Waals surface area contributed by atoms with E-state index in [1.807, 2.05) is 27.7 Å². The number of oxime groups is 1. The number of pyridine rings is 4. The smallest absolute Gasteiger partial charge is 0.261 e. The Labute approximate surface area is 401 Å². The molecule has 67 heavy (non-hydrogen) atoms. The Morgan fingerprint density at radius 2 is 1.01 bits per heavy atom. The van der Waals surface area contributed by atoms with E-state index in [9.17, 15) is 21.6 Å². The molecule has 0 bridgehead atoms. The van der Waals surface area contributed by atoms with Crippen LogP contribution < -0.4 is 26.8 Å². The molecule has 4 heterocycles. The lowest BCUT2D eigenvalue weighted by Gasteiger charge is -2.19. The molecule has 0 atom stereocenters. The van der Waals surface area contributed by atoms with Crippen LogP contribution in [0.5, 0.6) is 0 Å². The van der Waals surface area contributed by atoms with Crippen LogP contribution in [0.4, 0.5) is 23.0 Å². The van der Waals surface area contributed by atoms with Crippen molar-refractivity contribution in [1.29, 1.82) is 0 Å². The average Bonchev–Trinajstić information content (AvgIpc) is 3.27. The van der Waals surface area contributed by atoms with E-state index in [0.717, 1.165) is 11.1 Å². The Hall–Kier alpha value is -6.22. The summed E-state index contributed by atoms with van der Waals surface area (Å²) in [5, 5.41) is 4.58. The first-order valence-corrected chi connectivity index (χ1v) is 24.2. The summed E-state index contributed by atoms with van der Waals surface area (Å²) in [5.74, 6) is 4.60. The van der Waals surface area contributed by atoms with E-state index in [1.165, 1.54) is 61.2 Å². The summed E-state index contributed by atoms with van der Waals surface area (Å²) in [4.78, 5) is 38.6. The number of halogens is 2. The van der Waals surface area contributed by atoms with Crippen LogP contribution in [0.15, 0.2) is 125 Å². The third kappa shape index (κ3) is 15.1. The molecule has 0 saturated carbocycles. The zero-order valence-electron chi connectivity index (χ0n) is 38.2. The summed E-state index contributed by atoms with van der Waals surface area (Å²) in [6.07, 6.45) is 5.49. The Bertz CT molecular complexity index is 2870. The molecule has 0 aliphatic rings. The Morgan fingerprint density at radius 1 is 0.612 bits per heavy atom. The first-order chi connectivity index (χ1) is 31.4. The van der Waals surface area contributed by atoms with Crippen molar-refractivity contribution < 1.29 is 31.3 Å². The van der Waals surface area contributed by atoms with Crippen LogP contribution in [0, 0.1) is 0 Å². The van der Waals surface area contributed by atoms with E-state index in [0.29, 0.717) is 24.6 Å². The van der Waals surface area contributed by atoms with Gasteiger partial charge in [0.2, 0.25) is 5.78 Å². The van der Waals surface area contributed by atoms with E-state index < -0.39 is 25.8 Å². The molecule has 0 saturated heterocycles. The van der Waals surface area contributed by atoms with Crippen LogP contribution in [0.1, 0.15) is 93.8 Å². The van der Waals surface area contributed by atoms with Gasteiger partial charge in [0.15, 0.2) is 0 Å². The summed E-state index contributed by atoms with van der Waals surface area (Å²) in [6.45, 7) is 16.8. The number of benzene rings is 2. The SMILES string of the molecule is CC(C)(C)c1ccc(S(=O)(=O)Nc2cc(Cl)cnc2C(=O)c2ccc(N)nc2)cc1.CCON.CCON=C(c1ccc(N)nc1)c1ncc(Cl)cc1NS(=O)(=O)c1ccc(C(C)(C)C)cc1. The number of carbonyl (C=O) groups excluding carboxylic acids is 1. The van der Waals surface area contributed by atoms with Gasteiger partial charge in [0.25, 0.3) is 20.0 Å². The molecule has 0 fully saturated rings. The molecule has 356 valence electrons. The lowest BCUT2D eigenvalue weighted by atomic mass is 9.87. The van der Waals surface area contributed by atoms with Crippen molar-refractivity contribution in [3.63, 3.8) is 0 Å². The van der Waals surface area contributed by atoms with Gasteiger partial charge in [-0.1, -0.05) is 94.2 Å². The van der Waals surface area contributed by atoms with Crippen molar-refractivity contribution in [3.8, 4) is 0 Å². The van der Waals surface area contributed by atoms with Crippen molar-refractivity contribution in [1.82, 2.24) is 19.9 Å². The second kappa shape index (κ2) is 23.0. The third-order valence-corrected chi connectivity index (χ3v) is 12.4. The molecule has 0 unspecified atom stereocenters. The number of sulfonamides is 2. The van der Waals surface area contributed by atoms with E-state index in [4.69, 9.17) is 39.5 Å². The number of hydrogen-bond acceptors (Lipinski definition) is 15. The van der Waals surface area contributed by atoms with Gasteiger partial charge in [0.1, 0.15) is 35.3 Å². The number of nitrogens with zero attached hydrogens (tertiary/aromatic N) is 5. The zero-order valence-corrected chi connectivity index (χ0v) is 41.3. The van der Waals surface area contributed by atoms with E-state index in [2.05, 4.69) is 66.0 Å². The van der Waals surface area contributed by atoms with Crippen LogP contribution in [-0.2, 0) is 40.6 Å². The van der Waals surface area contributed by atoms with Crippen LogP contribution in [0.3, 0.4) is 0 Å². The maximum atomic E-state index is 13.2. The van der Waals surface area contributed by atoms with Gasteiger partial charge in [-0.05, 0) is 96.5 Å². The molecule has 0 aliphatic heterocycles. The number of aromatic nitrogens is 4. The van der Waals surface area contributed by atoms with Crippen LogP contribution in [-0.4, -0.2) is 61.5 Å². The number of nitrogens with two attached hydrogens (primary N) is 3. The van der Waals surface area contributed by atoms with Gasteiger partial charge >= 0.3 is 0 Å². The molecule has 8 N–H and O–H groups in total. The Kier molecular flexibility index (Phi) is 18.3. The fourth-order valence-electron chi connectivity index (χ4n) is 5.66. The highest BCUT2D eigenvalue weighted by Gasteiger charge is 2.25. The fraction of sp³-hybridized carbons (Fsp3) is 0.261. The van der Waals surface area contributed by atoms with Gasteiger partial charge in [-0.2, -0.15) is 0 Å². The maximum absolute atomic E-state index is 13.2. The van der Waals surface area contributed by atoms with Crippen molar-refractivity contribution in [2.45, 2.75) is 76.0 Å². The number of carbonyl (C=O) groups is 1. The number of nitrogens with one attached hydrogen (secondary N) is 2. The first-order valence-electron chi connectivity index (χ1n) is 20.5. The second-order valence-corrected chi connectivity index (χ2v) is 20.7. The molecule has 0 spiro atoms. The van der Waals surface area contributed by atoms with Crippen molar-refractivity contribution in [3.05, 3.63) is 153 Å². The van der Waals surface area contributed by atoms with Crippen molar-refractivity contribution >= 4 is 77.8 Å². The normalized spacial score (nSPS) is 11.9. The zero-order chi connectivity index (χ0) is 49.7. The van der Waals surface area contributed by atoms with E-state index in [-0.39, 0.29) is 70.5 Å². The van der Waals surface area contributed by atoms with Crippen LogP contribution in [0.25, 0.3) is 0 Å². The largest absolute Gasteiger partial charge is 0.396 e. The third-order valence-electron chi connectivity index (χ3n) is 9.26. The molecular formula is C46H54Cl2N10O7S2. The summed E-state index contributed by atoms with van der Waals surface area (Å²) >= 11 is 12.1. The number of hydrogen-bond donors (Lipinski definition) is 5. The molecule has 2 aromatic carbocycles.